The topological polar surface area (TPSA) is 79.0 Å². The lowest BCUT2D eigenvalue weighted by Gasteiger charge is -2.34. The zero-order valence-electron chi connectivity index (χ0n) is 16.0. The summed E-state index contributed by atoms with van der Waals surface area (Å²) in [6, 6.07) is 6.45. The summed E-state index contributed by atoms with van der Waals surface area (Å²) in [7, 11) is -1.93. The molecule has 0 aromatic heterocycles. The molecule has 1 aliphatic heterocycles. The Bertz CT molecular complexity index is 703. The van der Waals surface area contributed by atoms with Crippen molar-refractivity contribution in [1.29, 1.82) is 0 Å². The van der Waals surface area contributed by atoms with E-state index < -0.39 is 15.4 Å². The quantitative estimate of drug-likeness (QED) is 0.798. The Morgan fingerprint density at radius 2 is 1.69 bits per heavy atom. The third-order valence-electron chi connectivity index (χ3n) is 4.42. The second-order valence-corrected chi connectivity index (χ2v) is 9.37. The molecule has 0 aliphatic carbocycles. The van der Waals surface area contributed by atoms with Crippen LogP contribution >= 0.6 is 0 Å². The molecule has 1 aromatic carbocycles. The summed E-state index contributed by atoms with van der Waals surface area (Å²) in [5.74, 6) is 0.657. The predicted molar refractivity (Wildman–Crippen MR) is 101 cm³/mol. The lowest BCUT2D eigenvalue weighted by atomic mass is 9.96. The monoisotopic (exact) mass is 383 g/mol. The van der Waals surface area contributed by atoms with Crippen LogP contribution < -0.4 is 10.1 Å². The zero-order chi connectivity index (χ0) is 19.4. The predicted octanol–water partition coefficient (Wildman–Crippen LogP) is 1.16. The first-order valence-electron chi connectivity index (χ1n) is 8.79. The summed E-state index contributed by atoms with van der Waals surface area (Å²) in [6.07, 6.45) is 0. The molecule has 1 aliphatic rings. The largest absolute Gasteiger partial charge is 0.497 e. The van der Waals surface area contributed by atoms with E-state index in [0.717, 1.165) is 6.54 Å². The highest BCUT2D eigenvalue weighted by atomic mass is 32.2. The number of nitrogens with one attached hydrogen (secondary N) is 1. The highest BCUT2D eigenvalue weighted by Gasteiger charge is 2.28. The Labute approximate surface area is 156 Å². The van der Waals surface area contributed by atoms with Crippen LogP contribution in [-0.4, -0.2) is 69.9 Å². The first-order chi connectivity index (χ1) is 12.1. The Kier molecular flexibility index (Phi) is 6.65. The highest BCUT2D eigenvalue weighted by molar-refractivity contribution is 7.89. The summed E-state index contributed by atoms with van der Waals surface area (Å²) >= 11 is 0. The van der Waals surface area contributed by atoms with Crippen molar-refractivity contribution in [3.63, 3.8) is 0 Å². The van der Waals surface area contributed by atoms with Gasteiger partial charge in [-0.3, -0.25) is 9.69 Å². The molecule has 26 heavy (non-hydrogen) atoms. The lowest BCUT2D eigenvalue weighted by Crippen LogP contribution is -2.50. The molecule has 1 saturated heterocycles. The van der Waals surface area contributed by atoms with Crippen molar-refractivity contribution in [1.82, 2.24) is 14.5 Å². The molecule has 0 unspecified atom stereocenters. The van der Waals surface area contributed by atoms with E-state index in [-0.39, 0.29) is 10.8 Å². The maximum atomic E-state index is 12.7. The summed E-state index contributed by atoms with van der Waals surface area (Å²) in [5.41, 5.74) is -0.398. The van der Waals surface area contributed by atoms with E-state index in [1.165, 1.54) is 4.31 Å². The minimum absolute atomic E-state index is 0.0261. The van der Waals surface area contributed by atoms with E-state index in [4.69, 9.17) is 4.74 Å². The molecule has 1 N–H and O–H groups in total. The molecule has 2 rings (SSSR count). The third-order valence-corrected chi connectivity index (χ3v) is 6.34. The van der Waals surface area contributed by atoms with Gasteiger partial charge in [0.2, 0.25) is 15.9 Å². The van der Waals surface area contributed by atoms with Crippen LogP contribution in [0.1, 0.15) is 20.8 Å². The molecule has 0 saturated carbocycles. The maximum absolute atomic E-state index is 12.7. The number of benzene rings is 1. The average Bonchev–Trinajstić information content (AvgIpc) is 2.61. The molecule has 0 atom stereocenters. The fraction of sp³-hybridized carbons (Fsp3) is 0.611. The molecule has 8 heteroatoms. The van der Waals surface area contributed by atoms with Gasteiger partial charge in [0, 0.05) is 44.7 Å². The Hall–Kier alpha value is -1.64. The van der Waals surface area contributed by atoms with Gasteiger partial charge in [0.25, 0.3) is 0 Å². The molecule has 0 radical (unpaired) electrons. The maximum Gasteiger partial charge on any atom is 0.243 e. The number of sulfonamides is 1. The van der Waals surface area contributed by atoms with Crippen molar-refractivity contribution in [2.24, 2.45) is 5.41 Å². The summed E-state index contributed by atoms with van der Waals surface area (Å²) < 4.78 is 32.0. The summed E-state index contributed by atoms with van der Waals surface area (Å²) in [5, 5.41) is 2.92. The molecule has 146 valence electrons. The SMILES string of the molecule is COc1ccc(S(=O)(=O)N2CCN(CCNC(=O)C(C)(C)C)CC2)cc1. The van der Waals surface area contributed by atoms with Gasteiger partial charge in [-0.15, -0.1) is 0 Å². The fourth-order valence-electron chi connectivity index (χ4n) is 2.68. The van der Waals surface area contributed by atoms with Crippen LogP contribution in [0.5, 0.6) is 5.75 Å². The van der Waals surface area contributed by atoms with E-state index in [1.54, 1.807) is 31.4 Å². The minimum Gasteiger partial charge on any atom is -0.497 e. The molecule has 0 bridgehead atoms. The van der Waals surface area contributed by atoms with Gasteiger partial charge >= 0.3 is 0 Å². The molecule has 1 heterocycles. The number of amides is 1. The lowest BCUT2D eigenvalue weighted by molar-refractivity contribution is -0.128. The van der Waals surface area contributed by atoms with Crippen LogP contribution in [0.25, 0.3) is 0 Å². The van der Waals surface area contributed by atoms with Gasteiger partial charge in [-0.05, 0) is 24.3 Å². The van der Waals surface area contributed by atoms with Crippen LogP contribution in [0.3, 0.4) is 0 Å². The average molecular weight is 384 g/mol. The standard InChI is InChI=1S/C18H29N3O4S/c1-18(2,3)17(22)19-9-10-20-11-13-21(14-12-20)26(23,24)16-7-5-15(25-4)6-8-16/h5-8H,9-14H2,1-4H3,(H,19,22). The van der Waals surface area contributed by atoms with Gasteiger partial charge in [0.1, 0.15) is 5.75 Å². The van der Waals surface area contributed by atoms with E-state index in [9.17, 15) is 13.2 Å². The van der Waals surface area contributed by atoms with E-state index in [2.05, 4.69) is 10.2 Å². The van der Waals surface area contributed by atoms with Gasteiger partial charge in [-0.2, -0.15) is 4.31 Å². The molecule has 1 amide bonds. The Morgan fingerprint density at radius 3 is 2.19 bits per heavy atom. The van der Waals surface area contributed by atoms with E-state index in [0.29, 0.717) is 38.5 Å². The second-order valence-electron chi connectivity index (χ2n) is 7.43. The van der Waals surface area contributed by atoms with Crippen molar-refractivity contribution in [3.8, 4) is 5.75 Å². The van der Waals surface area contributed by atoms with Gasteiger partial charge < -0.3 is 10.1 Å². The van der Waals surface area contributed by atoms with Gasteiger partial charge in [-0.1, -0.05) is 20.8 Å². The van der Waals surface area contributed by atoms with Gasteiger partial charge in [-0.25, -0.2) is 8.42 Å². The van der Waals surface area contributed by atoms with Crippen molar-refractivity contribution in [2.75, 3.05) is 46.4 Å². The Balaban J connectivity index is 1.84. The number of rotatable bonds is 6. The molecular formula is C18H29N3O4S. The van der Waals surface area contributed by atoms with Crippen LogP contribution in [0.4, 0.5) is 0 Å². The van der Waals surface area contributed by atoms with Crippen molar-refractivity contribution >= 4 is 15.9 Å². The van der Waals surface area contributed by atoms with Gasteiger partial charge in [0.05, 0.1) is 12.0 Å². The number of carbonyl (C=O) groups excluding carboxylic acids is 1. The van der Waals surface area contributed by atoms with Crippen LogP contribution in [0, 0.1) is 5.41 Å². The molecular weight excluding hydrogens is 354 g/mol. The van der Waals surface area contributed by atoms with Crippen LogP contribution in [0.15, 0.2) is 29.2 Å². The van der Waals surface area contributed by atoms with E-state index >= 15 is 0 Å². The molecule has 1 fully saturated rings. The van der Waals surface area contributed by atoms with E-state index in [1.807, 2.05) is 20.8 Å². The van der Waals surface area contributed by atoms with Crippen LogP contribution in [0.2, 0.25) is 0 Å². The third kappa shape index (κ3) is 5.18. The molecule has 0 spiro atoms. The van der Waals surface area contributed by atoms with Crippen molar-refractivity contribution in [3.05, 3.63) is 24.3 Å². The number of hydrogen-bond donors (Lipinski definition) is 1. The van der Waals surface area contributed by atoms with Gasteiger partial charge in [0.15, 0.2) is 0 Å². The number of carbonyl (C=O) groups is 1. The number of hydrogen-bond acceptors (Lipinski definition) is 5. The first kappa shape index (κ1) is 20.7. The zero-order valence-corrected chi connectivity index (χ0v) is 16.8. The fourth-order valence-corrected chi connectivity index (χ4v) is 4.11. The van der Waals surface area contributed by atoms with Crippen molar-refractivity contribution < 1.29 is 17.9 Å². The number of methoxy groups -OCH3 is 1. The minimum atomic E-state index is -3.48. The number of nitrogens with zero attached hydrogens (tertiary/aromatic N) is 2. The normalized spacial score (nSPS) is 17.1. The second kappa shape index (κ2) is 8.37. The molecule has 1 aromatic rings. The molecule has 7 nitrogen and oxygen atoms in total. The summed E-state index contributed by atoms with van der Waals surface area (Å²) in [6.45, 7) is 9.13. The number of piperazine rings is 1. The Morgan fingerprint density at radius 1 is 1.12 bits per heavy atom. The summed E-state index contributed by atoms with van der Waals surface area (Å²) in [4.78, 5) is 14.3. The first-order valence-corrected chi connectivity index (χ1v) is 10.2. The van der Waals surface area contributed by atoms with Crippen LogP contribution in [-0.2, 0) is 14.8 Å². The highest BCUT2D eigenvalue weighted by Crippen LogP contribution is 2.20. The smallest absolute Gasteiger partial charge is 0.243 e. The number of ether oxygens (including phenoxy) is 1. The van der Waals surface area contributed by atoms with Crippen molar-refractivity contribution in [2.45, 2.75) is 25.7 Å².